The number of hydrogen-bond donors (Lipinski definition) is 0. The van der Waals surface area contributed by atoms with E-state index in [9.17, 15) is 8.63 Å². The molecule has 0 aromatic rings. The van der Waals surface area contributed by atoms with E-state index in [1.807, 2.05) is 0 Å². The average molecular weight is 124 g/mol. The van der Waals surface area contributed by atoms with Crippen molar-refractivity contribution in [2.24, 2.45) is 0 Å². The van der Waals surface area contributed by atoms with Gasteiger partial charge in [-0.15, -0.1) is 0 Å². The Morgan fingerprint density at radius 2 is 1.38 bits per heavy atom. The third-order valence-electron chi connectivity index (χ3n) is 0.324. The smallest absolute Gasteiger partial charge is 0.453 e. The molecule has 0 radical (unpaired) electrons. The molecule has 0 aliphatic heterocycles. The summed E-state index contributed by atoms with van der Waals surface area (Å²) in [6.45, 7) is -4.36. The molecule has 0 aliphatic rings. The maximum Gasteiger partial charge on any atom is 1.00 e. The molecule has 0 heterocycles. The summed E-state index contributed by atoms with van der Waals surface area (Å²) >= 11 is 0. The molecule has 0 bridgehead atoms. The largest absolute Gasteiger partial charge is 1.00 e. The number of nitrogens with zero attached hydrogens (tertiary/aromatic N) is 2. The number of nitriles is 2. The van der Waals surface area contributed by atoms with E-state index < -0.39 is 6.70 Å². The normalized spacial score (nSPS) is 8.00. The number of halogens is 2. The maximum absolute atomic E-state index is 11.2. The molecule has 0 atom stereocenters. The molecular weight excluding hydrogens is 124 g/mol. The second-order valence-corrected chi connectivity index (χ2v) is 0.921. The van der Waals surface area contributed by atoms with E-state index >= 15 is 0 Å². The molecule has 0 rings (SSSR count). The fourth-order valence-electron chi connectivity index (χ4n) is 0.0289. The van der Waals surface area contributed by atoms with Gasteiger partial charge in [-0.25, -0.2) is 10.5 Å². The summed E-state index contributed by atoms with van der Waals surface area (Å²) in [7, 11) is 0. The van der Waals surface area contributed by atoms with E-state index in [0.29, 0.717) is 11.9 Å². The van der Waals surface area contributed by atoms with Crippen molar-refractivity contribution in [2.75, 3.05) is 0 Å². The molecule has 0 amide bonds. The molecule has 0 N–H and O–H groups in total. The first-order valence-electron chi connectivity index (χ1n) is 1.46. The molecule has 8 heavy (non-hydrogen) atoms. The molecule has 0 unspecified atom stereocenters. The van der Waals surface area contributed by atoms with E-state index in [-0.39, 0.29) is 29.6 Å². The van der Waals surface area contributed by atoms with Crippen LogP contribution in [0.3, 0.4) is 0 Å². The van der Waals surface area contributed by atoms with E-state index in [1.54, 1.807) is 0 Å². The van der Waals surface area contributed by atoms with Gasteiger partial charge in [0.15, 0.2) is 0 Å². The van der Waals surface area contributed by atoms with Crippen molar-refractivity contribution in [3.05, 3.63) is 0 Å². The van der Waals surface area contributed by atoms with E-state index in [1.165, 1.54) is 0 Å². The van der Waals surface area contributed by atoms with Crippen molar-refractivity contribution in [1.82, 2.24) is 0 Å². The van der Waals surface area contributed by atoms with E-state index in [0.717, 1.165) is 0 Å². The van der Waals surface area contributed by atoms with Crippen LogP contribution in [0.15, 0.2) is 0 Å². The van der Waals surface area contributed by atoms with Crippen molar-refractivity contribution in [2.45, 2.75) is 0 Å². The zero-order valence-corrected chi connectivity index (χ0v) is 6.23. The third kappa shape index (κ3) is 4.07. The van der Waals surface area contributed by atoms with Crippen LogP contribution in [0.1, 0.15) is 0 Å². The zero-order valence-electron chi connectivity index (χ0n) is 4.23. The van der Waals surface area contributed by atoms with Crippen LogP contribution in [-0.2, 0) is 0 Å². The van der Waals surface area contributed by atoms with Gasteiger partial charge in [0.2, 0.25) is 0 Å². The summed E-state index contributed by atoms with van der Waals surface area (Å²) in [5, 5.41) is 14.8. The van der Waals surface area contributed by atoms with Gasteiger partial charge in [0.25, 0.3) is 0 Å². The topological polar surface area (TPSA) is 47.6 Å². The van der Waals surface area contributed by atoms with Crippen LogP contribution in [0.2, 0.25) is 0 Å². The van der Waals surface area contributed by atoms with Gasteiger partial charge in [-0.2, -0.15) is 0 Å². The SMILES string of the molecule is N#C[B-](F)(F)C#N.[Na+]. The molecule has 6 heteroatoms. The van der Waals surface area contributed by atoms with Crippen LogP contribution in [0.5, 0.6) is 0 Å². The molecule has 0 saturated heterocycles. The maximum atomic E-state index is 11.2. The monoisotopic (exact) mass is 124 g/mol. The Bertz CT molecular complexity index is 129. The van der Waals surface area contributed by atoms with Crippen LogP contribution in [0.4, 0.5) is 8.63 Å². The van der Waals surface area contributed by atoms with Crippen molar-refractivity contribution in [3.63, 3.8) is 0 Å². The second kappa shape index (κ2) is 3.85. The quantitative estimate of drug-likeness (QED) is 0.335. The number of hydrogen-bond acceptors (Lipinski definition) is 2. The molecule has 0 saturated carbocycles. The first-order valence-corrected chi connectivity index (χ1v) is 1.46. The van der Waals surface area contributed by atoms with Crippen LogP contribution in [0.25, 0.3) is 0 Å². The van der Waals surface area contributed by atoms with Crippen molar-refractivity contribution in [1.29, 1.82) is 10.5 Å². The molecular formula is C2BF2N2Na. The Morgan fingerprint density at radius 3 is 1.38 bits per heavy atom. The fraction of sp³-hybridized carbons (Fsp3) is 0. The van der Waals surface area contributed by atoms with Crippen LogP contribution in [0, 0.1) is 22.5 Å². The predicted molar refractivity (Wildman–Crippen MR) is 19.2 cm³/mol. The van der Waals surface area contributed by atoms with Crippen LogP contribution in [-0.4, -0.2) is 6.70 Å². The summed E-state index contributed by atoms with van der Waals surface area (Å²) < 4.78 is 22.4. The average Bonchev–Trinajstić information content (AvgIpc) is 1.68. The Labute approximate surface area is 67.4 Å². The molecule has 2 nitrogen and oxygen atoms in total. The van der Waals surface area contributed by atoms with Crippen LogP contribution >= 0.6 is 0 Å². The summed E-state index contributed by atoms with van der Waals surface area (Å²) in [6, 6.07) is 0. The molecule has 36 valence electrons. The Kier molecular flexibility index (Phi) is 5.21. The standard InChI is InChI=1S/C2BF2N2.Na/c4-3(5,1-6)2-7;/q-1;+1. The van der Waals surface area contributed by atoms with Crippen molar-refractivity contribution in [3.8, 4) is 11.9 Å². The van der Waals surface area contributed by atoms with Crippen molar-refractivity contribution >= 4 is 6.70 Å². The molecule has 0 spiro atoms. The van der Waals surface area contributed by atoms with Gasteiger partial charge in [-0.3, -0.25) is 0 Å². The van der Waals surface area contributed by atoms with Gasteiger partial charge in [0.05, 0.1) is 0 Å². The Balaban J connectivity index is 0. The first-order chi connectivity index (χ1) is 3.12. The first kappa shape index (κ1) is 10.8. The van der Waals surface area contributed by atoms with Gasteiger partial charge >= 0.3 is 36.3 Å². The molecule has 0 fully saturated rings. The molecule has 0 aromatic carbocycles. The Morgan fingerprint density at radius 1 is 1.12 bits per heavy atom. The summed E-state index contributed by atoms with van der Waals surface area (Å²) in [4.78, 5) is 0. The summed E-state index contributed by atoms with van der Waals surface area (Å²) in [6.07, 6.45) is 0. The van der Waals surface area contributed by atoms with Crippen molar-refractivity contribution < 1.29 is 38.2 Å². The minimum absolute atomic E-state index is 0. The van der Waals surface area contributed by atoms with Gasteiger partial charge < -0.3 is 8.63 Å². The van der Waals surface area contributed by atoms with Gasteiger partial charge in [0.1, 0.15) is 0 Å². The van der Waals surface area contributed by atoms with Gasteiger partial charge in [0, 0.05) is 0 Å². The van der Waals surface area contributed by atoms with Gasteiger partial charge in [-0.1, -0.05) is 11.9 Å². The summed E-state index contributed by atoms with van der Waals surface area (Å²) in [5.74, 6) is 1.12. The zero-order chi connectivity index (χ0) is 5.91. The fourth-order valence-corrected chi connectivity index (χ4v) is 0.0289. The third-order valence-corrected chi connectivity index (χ3v) is 0.324. The van der Waals surface area contributed by atoms with E-state index in [2.05, 4.69) is 0 Å². The Hall–Kier alpha value is -0.0951. The second-order valence-electron chi connectivity index (χ2n) is 0.921. The predicted octanol–water partition coefficient (Wildman–Crippen LogP) is -2.50. The van der Waals surface area contributed by atoms with E-state index in [4.69, 9.17) is 10.5 Å². The van der Waals surface area contributed by atoms with Crippen LogP contribution < -0.4 is 29.6 Å². The molecule has 0 aliphatic carbocycles. The summed E-state index contributed by atoms with van der Waals surface area (Å²) in [5.41, 5.74) is 0. The minimum Gasteiger partial charge on any atom is -0.453 e. The number of rotatable bonds is 0. The van der Waals surface area contributed by atoms with Gasteiger partial charge in [-0.05, 0) is 0 Å². The minimum atomic E-state index is -4.36. The molecule has 0 aromatic heterocycles.